The van der Waals surface area contributed by atoms with E-state index in [1.807, 2.05) is 32.0 Å². The standard InChI is InChI=1S/C26H37N3O4S/c1-7-29(24(31)20(16-34)28-25(32)33-26(4,5)6)22(21-17(2)12-11-13-18(21)3)23(30)27-19-14-9-8-10-15-19/h1,11-13,19-20,22,34H,8-10,14-16H2,2-6H3,(H,27,30)(H,28,32). The highest BCUT2D eigenvalue weighted by Crippen LogP contribution is 2.29. The van der Waals surface area contributed by atoms with E-state index in [4.69, 9.17) is 11.2 Å². The summed E-state index contributed by atoms with van der Waals surface area (Å²) in [6.45, 7) is 8.95. The number of carbonyl (C=O) groups excluding carboxylic acids is 3. The van der Waals surface area contributed by atoms with Crippen molar-refractivity contribution in [1.82, 2.24) is 15.5 Å². The first-order valence-corrected chi connectivity index (χ1v) is 12.4. The minimum atomic E-state index is -1.07. The molecule has 1 aliphatic rings. The number of amides is 3. The Hall–Kier alpha value is -2.66. The van der Waals surface area contributed by atoms with Crippen LogP contribution in [-0.2, 0) is 14.3 Å². The maximum absolute atomic E-state index is 13.6. The molecule has 1 aromatic rings. The third-order valence-corrected chi connectivity index (χ3v) is 6.19. The summed E-state index contributed by atoms with van der Waals surface area (Å²) in [6, 6.07) is 6.01. The van der Waals surface area contributed by atoms with Crippen molar-refractivity contribution in [3.63, 3.8) is 0 Å². The van der Waals surface area contributed by atoms with Crippen LogP contribution in [0.4, 0.5) is 4.79 Å². The fraction of sp³-hybridized carbons (Fsp3) is 0.577. The second kappa shape index (κ2) is 12.2. The Morgan fingerprint density at radius 2 is 1.76 bits per heavy atom. The number of thiol groups is 1. The van der Waals surface area contributed by atoms with Crippen LogP contribution in [-0.4, -0.2) is 46.2 Å². The highest BCUT2D eigenvalue weighted by molar-refractivity contribution is 7.80. The zero-order chi connectivity index (χ0) is 25.5. The van der Waals surface area contributed by atoms with Gasteiger partial charge in [0, 0.05) is 17.8 Å². The van der Waals surface area contributed by atoms with Crippen molar-refractivity contribution in [2.45, 2.75) is 90.4 Å². The number of aryl methyl sites for hydroxylation is 2. The fourth-order valence-electron chi connectivity index (χ4n) is 4.23. The molecular weight excluding hydrogens is 450 g/mol. The molecule has 34 heavy (non-hydrogen) atoms. The molecule has 1 aromatic carbocycles. The predicted molar refractivity (Wildman–Crippen MR) is 136 cm³/mol. The van der Waals surface area contributed by atoms with E-state index in [9.17, 15) is 14.4 Å². The van der Waals surface area contributed by atoms with Crippen molar-refractivity contribution in [2.24, 2.45) is 0 Å². The van der Waals surface area contributed by atoms with Crippen molar-refractivity contribution in [3.8, 4) is 12.5 Å². The van der Waals surface area contributed by atoms with Gasteiger partial charge in [0.05, 0.1) is 0 Å². The van der Waals surface area contributed by atoms with Gasteiger partial charge in [0.15, 0.2) is 0 Å². The van der Waals surface area contributed by atoms with Crippen LogP contribution in [0.15, 0.2) is 18.2 Å². The molecule has 7 nitrogen and oxygen atoms in total. The van der Waals surface area contributed by atoms with Gasteiger partial charge in [-0.3, -0.25) is 14.5 Å². The summed E-state index contributed by atoms with van der Waals surface area (Å²) in [4.78, 5) is 40.5. The van der Waals surface area contributed by atoms with Crippen molar-refractivity contribution in [1.29, 1.82) is 0 Å². The van der Waals surface area contributed by atoms with Crippen LogP contribution in [0.2, 0.25) is 0 Å². The number of ether oxygens (including phenoxy) is 1. The van der Waals surface area contributed by atoms with Gasteiger partial charge in [0.2, 0.25) is 5.91 Å². The molecule has 1 fully saturated rings. The monoisotopic (exact) mass is 487 g/mol. The number of hydrogen-bond donors (Lipinski definition) is 3. The molecule has 2 unspecified atom stereocenters. The number of terminal acetylenes is 1. The topological polar surface area (TPSA) is 87.7 Å². The first-order valence-electron chi connectivity index (χ1n) is 11.7. The van der Waals surface area contributed by atoms with Gasteiger partial charge in [-0.15, -0.1) is 0 Å². The van der Waals surface area contributed by atoms with Crippen LogP contribution >= 0.6 is 12.6 Å². The molecule has 1 saturated carbocycles. The third-order valence-electron chi connectivity index (χ3n) is 5.82. The van der Waals surface area contributed by atoms with Gasteiger partial charge < -0.3 is 15.4 Å². The van der Waals surface area contributed by atoms with E-state index in [1.54, 1.807) is 20.8 Å². The van der Waals surface area contributed by atoms with Crippen molar-refractivity contribution in [3.05, 3.63) is 34.9 Å². The SMILES string of the molecule is C#CN(C(=O)C(CS)NC(=O)OC(C)(C)C)C(C(=O)NC1CCCCC1)c1c(C)cccc1C. The summed E-state index contributed by atoms with van der Waals surface area (Å²) >= 11 is 4.24. The highest BCUT2D eigenvalue weighted by atomic mass is 32.1. The van der Waals surface area contributed by atoms with E-state index in [-0.39, 0.29) is 17.7 Å². The Balaban J connectivity index is 2.39. The first kappa shape index (κ1) is 27.6. The zero-order valence-corrected chi connectivity index (χ0v) is 21.7. The normalized spacial score (nSPS) is 16.0. The molecule has 0 heterocycles. The number of rotatable bonds is 7. The largest absolute Gasteiger partial charge is 0.444 e. The lowest BCUT2D eigenvalue weighted by atomic mass is 9.92. The minimum absolute atomic E-state index is 0.0139. The van der Waals surface area contributed by atoms with Gasteiger partial charge in [-0.05, 0) is 64.2 Å². The zero-order valence-electron chi connectivity index (χ0n) is 20.8. The smallest absolute Gasteiger partial charge is 0.408 e. The summed E-state index contributed by atoms with van der Waals surface area (Å²) in [7, 11) is 0. The van der Waals surface area contributed by atoms with Gasteiger partial charge >= 0.3 is 6.09 Å². The van der Waals surface area contributed by atoms with Crippen molar-refractivity contribution < 1.29 is 19.1 Å². The molecule has 0 radical (unpaired) electrons. The molecule has 186 valence electrons. The van der Waals surface area contributed by atoms with Crippen LogP contribution in [0.3, 0.4) is 0 Å². The van der Waals surface area contributed by atoms with E-state index >= 15 is 0 Å². The molecule has 0 aliphatic heterocycles. The van der Waals surface area contributed by atoms with Gasteiger partial charge in [-0.1, -0.05) is 43.9 Å². The van der Waals surface area contributed by atoms with Gasteiger partial charge in [0.25, 0.3) is 5.91 Å². The van der Waals surface area contributed by atoms with E-state index in [0.29, 0.717) is 5.56 Å². The van der Waals surface area contributed by atoms with E-state index in [1.165, 1.54) is 0 Å². The molecule has 0 bridgehead atoms. The third kappa shape index (κ3) is 7.42. The number of alkyl carbamates (subject to hydrolysis) is 1. The lowest BCUT2D eigenvalue weighted by Crippen LogP contribution is -2.53. The van der Waals surface area contributed by atoms with E-state index in [2.05, 4.69) is 29.3 Å². The summed E-state index contributed by atoms with van der Waals surface area (Å²) in [5.41, 5.74) is 1.64. The minimum Gasteiger partial charge on any atom is -0.444 e. The van der Waals surface area contributed by atoms with Gasteiger partial charge in [-0.25, -0.2) is 4.79 Å². The molecule has 2 rings (SSSR count). The number of carbonyl (C=O) groups is 3. The van der Waals surface area contributed by atoms with Crippen molar-refractivity contribution in [2.75, 3.05) is 5.75 Å². The maximum Gasteiger partial charge on any atom is 0.408 e. The van der Waals surface area contributed by atoms with E-state index in [0.717, 1.165) is 48.1 Å². The van der Waals surface area contributed by atoms with Crippen LogP contribution in [0.1, 0.15) is 75.6 Å². The fourth-order valence-corrected chi connectivity index (χ4v) is 4.48. The van der Waals surface area contributed by atoms with Crippen molar-refractivity contribution >= 4 is 30.5 Å². The average molecular weight is 488 g/mol. The Kier molecular flexibility index (Phi) is 9.87. The second-order valence-electron chi connectivity index (χ2n) is 9.77. The molecule has 8 heteroatoms. The molecule has 3 amide bonds. The quantitative estimate of drug-likeness (QED) is 0.308. The Bertz CT molecular complexity index is 909. The summed E-state index contributed by atoms with van der Waals surface area (Å²) in [5.74, 6) is -0.944. The number of nitrogens with one attached hydrogen (secondary N) is 2. The Morgan fingerprint density at radius 1 is 1.18 bits per heavy atom. The average Bonchev–Trinajstić information content (AvgIpc) is 2.75. The number of nitrogens with zero attached hydrogens (tertiary/aromatic N) is 1. The molecule has 0 aromatic heterocycles. The summed E-state index contributed by atoms with van der Waals surface area (Å²) in [5, 5.41) is 5.65. The summed E-state index contributed by atoms with van der Waals surface area (Å²) < 4.78 is 5.28. The predicted octanol–water partition coefficient (Wildman–Crippen LogP) is 4.04. The first-order chi connectivity index (χ1) is 16.0. The lowest BCUT2D eigenvalue weighted by molar-refractivity contribution is -0.138. The second-order valence-corrected chi connectivity index (χ2v) is 10.1. The molecule has 2 N–H and O–H groups in total. The molecule has 0 saturated heterocycles. The van der Waals surface area contributed by atoms with E-state index < -0.39 is 29.7 Å². The number of benzene rings is 1. The molecule has 2 atom stereocenters. The Labute approximate surface area is 208 Å². The van der Waals surface area contributed by atoms with Crippen LogP contribution in [0.5, 0.6) is 0 Å². The number of hydrogen-bond acceptors (Lipinski definition) is 5. The Morgan fingerprint density at radius 3 is 2.26 bits per heavy atom. The lowest BCUT2D eigenvalue weighted by Gasteiger charge is -2.33. The molecule has 0 spiro atoms. The maximum atomic E-state index is 13.6. The van der Waals surface area contributed by atoms with Crippen LogP contribution in [0.25, 0.3) is 0 Å². The summed E-state index contributed by atoms with van der Waals surface area (Å²) in [6.07, 6.45) is 10.1. The highest BCUT2D eigenvalue weighted by Gasteiger charge is 2.37. The molecule has 1 aliphatic carbocycles. The van der Waals surface area contributed by atoms with Gasteiger partial charge in [-0.2, -0.15) is 12.6 Å². The molecular formula is C26H37N3O4S. The van der Waals surface area contributed by atoms with Crippen LogP contribution < -0.4 is 10.6 Å². The van der Waals surface area contributed by atoms with Gasteiger partial charge in [0.1, 0.15) is 17.7 Å². The van der Waals surface area contributed by atoms with Crippen LogP contribution in [0, 0.1) is 26.3 Å².